The van der Waals surface area contributed by atoms with Crippen LogP contribution in [0.1, 0.15) is 56.7 Å². The number of fused-ring (bicyclic) bond motifs is 2. The molecule has 1 heteroatoms. The summed E-state index contributed by atoms with van der Waals surface area (Å²) in [6.45, 7) is 9.38. The van der Waals surface area contributed by atoms with Crippen molar-refractivity contribution in [3.63, 3.8) is 0 Å². The maximum absolute atomic E-state index is 2.47. The second-order valence-corrected chi connectivity index (χ2v) is 7.79. The molecule has 0 heterocycles. The first-order valence-corrected chi connectivity index (χ1v) is 8.88. The van der Waals surface area contributed by atoms with Crippen molar-refractivity contribution in [1.82, 2.24) is 0 Å². The van der Waals surface area contributed by atoms with E-state index in [-0.39, 0.29) is 77.8 Å². The van der Waals surface area contributed by atoms with Crippen molar-refractivity contribution in [2.45, 2.75) is 52.9 Å². The standard InChI is InChI=1S/C18H23.C5H5.7CH3.Hf/c1-5-12(2)16-7-6-13-8-14-10-18(3,4)11-15(14)9-17(13)16;1-2-4-5-3-1;;;;;;;;/h6-9,12H,5,10-11H2,1-4H3;1-5H;7*1H3;/q9*-1;. The maximum atomic E-state index is 2.47. The Morgan fingerprint density at radius 1 is 0.903 bits per heavy atom. The van der Waals surface area contributed by atoms with E-state index in [4.69, 9.17) is 0 Å². The van der Waals surface area contributed by atoms with E-state index in [1.54, 1.807) is 16.7 Å². The predicted molar refractivity (Wildman–Crippen MR) is 146 cm³/mol. The van der Waals surface area contributed by atoms with Crippen LogP contribution >= 0.6 is 0 Å². The zero-order chi connectivity index (χ0) is 16.4. The van der Waals surface area contributed by atoms with E-state index in [9.17, 15) is 0 Å². The molecular formula is C30H49Hf-9. The summed E-state index contributed by atoms with van der Waals surface area (Å²) in [7, 11) is 0. The van der Waals surface area contributed by atoms with Gasteiger partial charge in [0.2, 0.25) is 0 Å². The smallest absolute Gasteiger partial charge is 0 e. The summed E-state index contributed by atoms with van der Waals surface area (Å²) >= 11 is 0. The molecule has 0 aromatic heterocycles. The van der Waals surface area contributed by atoms with E-state index in [0.29, 0.717) is 11.3 Å². The molecule has 3 aromatic rings. The van der Waals surface area contributed by atoms with Gasteiger partial charge in [0.1, 0.15) is 0 Å². The van der Waals surface area contributed by atoms with Gasteiger partial charge < -0.3 is 52.0 Å². The molecular weight excluding hydrogens is 539 g/mol. The van der Waals surface area contributed by atoms with E-state index >= 15 is 0 Å². The van der Waals surface area contributed by atoms with Crippen LogP contribution in [0.3, 0.4) is 0 Å². The summed E-state index contributed by atoms with van der Waals surface area (Å²) in [6.07, 6.45) is 3.70. The fourth-order valence-electron chi connectivity index (χ4n) is 3.76. The van der Waals surface area contributed by atoms with Gasteiger partial charge in [0.05, 0.1) is 0 Å². The van der Waals surface area contributed by atoms with E-state index < -0.39 is 0 Å². The Morgan fingerprint density at radius 3 is 1.81 bits per heavy atom. The second kappa shape index (κ2) is 18.6. The van der Waals surface area contributed by atoms with Crippen molar-refractivity contribution in [2.75, 3.05) is 0 Å². The normalized spacial score (nSPS) is 12.4. The van der Waals surface area contributed by atoms with Gasteiger partial charge in [-0.25, -0.2) is 12.1 Å². The Bertz CT molecular complexity index is 742. The van der Waals surface area contributed by atoms with Gasteiger partial charge in [0.15, 0.2) is 0 Å². The molecule has 0 saturated carbocycles. The molecule has 1 unspecified atom stereocenters. The van der Waals surface area contributed by atoms with Gasteiger partial charge in [-0.2, -0.15) is 24.3 Å². The van der Waals surface area contributed by atoms with E-state index in [2.05, 4.69) is 52.0 Å². The van der Waals surface area contributed by atoms with Crippen molar-refractivity contribution in [1.29, 1.82) is 0 Å². The molecule has 0 nitrogen and oxygen atoms in total. The third-order valence-corrected chi connectivity index (χ3v) is 5.16. The number of hydrogen-bond donors (Lipinski definition) is 0. The van der Waals surface area contributed by atoms with Crippen LogP contribution in [-0.4, -0.2) is 0 Å². The Kier molecular flexibility index (Phi) is 26.3. The van der Waals surface area contributed by atoms with Crippen LogP contribution in [0.15, 0.2) is 54.6 Å². The molecule has 4 rings (SSSR count). The predicted octanol–water partition coefficient (Wildman–Crippen LogP) is 9.75. The van der Waals surface area contributed by atoms with Crippen LogP contribution in [0.25, 0.3) is 10.8 Å². The first kappa shape index (κ1) is 43.8. The van der Waals surface area contributed by atoms with Crippen LogP contribution in [0.2, 0.25) is 0 Å². The van der Waals surface area contributed by atoms with Crippen LogP contribution < -0.4 is 0 Å². The van der Waals surface area contributed by atoms with Crippen molar-refractivity contribution < 1.29 is 25.8 Å². The van der Waals surface area contributed by atoms with Gasteiger partial charge in [-0.3, -0.25) is 0 Å². The van der Waals surface area contributed by atoms with Crippen molar-refractivity contribution in [3.8, 4) is 0 Å². The minimum Gasteiger partial charge on any atom is -0.358 e. The monoisotopic (exact) mass is 589 g/mol. The third-order valence-electron chi connectivity index (χ3n) is 5.16. The summed E-state index contributed by atoms with van der Waals surface area (Å²) < 4.78 is 0. The molecule has 1 atom stereocenters. The molecule has 0 fully saturated rings. The fourth-order valence-corrected chi connectivity index (χ4v) is 3.76. The van der Waals surface area contributed by atoms with Crippen LogP contribution in [0.5, 0.6) is 0 Å². The summed E-state index contributed by atoms with van der Waals surface area (Å²) in [5.74, 6) is 0.676. The minimum atomic E-state index is 0. The Labute approximate surface area is 217 Å². The molecule has 0 aliphatic heterocycles. The Hall–Kier alpha value is -0.950. The molecule has 1 aliphatic rings. The topological polar surface area (TPSA) is 0 Å². The Balaban J connectivity index is -0.000000108. The first-order chi connectivity index (χ1) is 11.0. The molecule has 182 valence electrons. The van der Waals surface area contributed by atoms with Gasteiger partial charge in [-0.15, -0.1) is 34.5 Å². The molecule has 0 N–H and O–H groups in total. The molecule has 1 aliphatic carbocycles. The van der Waals surface area contributed by atoms with Crippen molar-refractivity contribution in [2.24, 2.45) is 5.41 Å². The fraction of sp³-hybridized carbons (Fsp3) is 0.300. The molecule has 0 saturated heterocycles. The second-order valence-electron chi connectivity index (χ2n) is 7.79. The van der Waals surface area contributed by atoms with E-state index in [1.807, 2.05) is 30.3 Å². The molecule has 0 amide bonds. The van der Waals surface area contributed by atoms with Gasteiger partial charge in [0.25, 0.3) is 0 Å². The molecule has 3 aromatic carbocycles. The SMILES string of the molecule is CCC(C)[c-]1ccc2cc3c(cc21)CC(C)(C)C3.[CH3-].[CH3-].[CH3-].[CH3-].[CH3-].[CH3-].[CH3-].[Hf].c1cc[cH-]c1. The summed E-state index contributed by atoms with van der Waals surface area (Å²) in [6, 6.07) is 19.5. The molecule has 0 radical (unpaired) electrons. The van der Waals surface area contributed by atoms with E-state index in [0.717, 1.165) is 0 Å². The summed E-state index contributed by atoms with van der Waals surface area (Å²) in [4.78, 5) is 0. The van der Waals surface area contributed by atoms with Crippen LogP contribution in [0, 0.1) is 57.4 Å². The van der Waals surface area contributed by atoms with Gasteiger partial charge in [-0.05, 0) is 18.3 Å². The largest absolute Gasteiger partial charge is 0.358 e. The summed E-state index contributed by atoms with van der Waals surface area (Å²) in [5, 5.41) is 2.95. The zero-order valence-electron chi connectivity index (χ0n) is 22.4. The van der Waals surface area contributed by atoms with E-state index in [1.165, 1.54) is 30.0 Å². The Morgan fingerprint density at radius 2 is 1.39 bits per heavy atom. The average Bonchev–Trinajstić information content (AvgIpc) is 3.22. The maximum Gasteiger partial charge on any atom is 0 e. The third kappa shape index (κ3) is 10.5. The minimum absolute atomic E-state index is 0. The van der Waals surface area contributed by atoms with Gasteiger partial charge >= 0.3 is 0 Å². The van der Waals surface area contributed by atoms with Gasteiger partial charge in [-0.1, -0.05) is 51.2 Å². The molecule has 31 heavy (non-hydrogen) atoms. The molecule has 0 spiro atoms. The summed E-state index contributed by atoms with van der Waals surface area (Å²) in [5.41, 5.74) is 5.16. The number of hydrogen-bond acceptors (Lipinski definition) is 0. The van der Waals surface area contributed by atoms with Crippen molar-refractivity contribution in [3.05, 3.63) is 123 Å². The van der Waals surface area contributed by atoms with Crippen molar-refractivity contribution >= 4 is 10.8 Å². The first-order valence-electron chi connectivity index (χ1n) is 8.88. The van der Waals surface area contributed by atoms with Gasteiger partial charge in [0, 0.05) is 25.8 Å². The quantitative estimate of drug-likeness (QED) is 0.207. The number of rotatable bonds is 2. The molecule has 0 bridgehead atoms. The average molecular weight is 588 g/mol. The van der Waals surface area contributed by atoms with Crippen LogP contribution in [0.4, 0.5) is 0 Å². The van der Waals surface area contributed by atoms with Crippen LogP contribution in [-0.2, 0) is 38.7 Å². The number of benzene rings is 1. The zero-order valence-corrected chi connectivity index (χ0v) is 26.0.